The Labute approximate surface area is 172 Å². The van der Waals surface area contributed by atoms with Crippen LogP contribution in [0.4, 0.5) is 4.79 Å². The summed E-state index contributed by atoms with van der Waals surface area (Å²) < 4.78 is 10.5. The van der Waals surface area contributed by atoms with Crippen molar-refractivity contribution >= 4 is 12.4 Å². The van der Waals surface area contributed by atoms with Gasteiger partial charge in [-0.1, -0.05) is 48.5 Å². The number of carbonyl (C=O) groups is 2. The van der Waals surface area contributed by atoms with Crippen molar-refractivity contribution in [3.63, 3.8) is 0 Å². The molecule has 0 saturated carbocycles. The van der Waals surface area contributed by atoms with Gasteiger partial charge in [0.1, 0.15) is 24.6 Å². The first-order valence-electron chi connectivity index (χ1n) is 9.58. The van der Waals surface area contributed by atoms with Gasteiger partial charge in [-0.3, -0.25) is 4.79 Å². The molecule has 2 atom stereocenters. The molecule has 154 valence electrons. The zero-order valence-corrected chi connectivity index (χ0v) is 16.0. The number of rotatable bonds is 7. The Morgan fingerprint density at radius 2 is 1.67 bits per heavy atom. The third-order valence-corrected chi connectivity index (χ3v) is 5.22. The molecule has 7 nitrogen and oxygen atoms in total. The molecule has 0 bridgehead atoms. The van der Waals surface area contributed by atoms with Crippen LogP contribution < -0.4 is 5.32 Å². The van der Waals surface area contributed by atoms with Crippen LogP contribution in [0.2, 0.25) is 0 Å². The number of aliphatic hydroxyl groups is 2. The van der Waals surface area contributed by atoms with Gasteiger partial charge < -0.3 is 24.7 Å². The van der Waals surface area contributed by atoms with Gasteiger partial charge in [0.05, 0.1) is 0 Å². The van der Waals surface area contributed by atoms with E-state index in [9.17, 15) is 19.8 Å². The summed E-state index contributed by atoms with van der Waals surface area (Å²) in [6.07, 6.45) is -2.91. The Kier molecular flexibility index (Phi) is 5.65. The van der Waals surface area contributed by atoms with E-state index in [0.717, 1.165) is 22.3 Å². The second-order valence-electron chi connectivity index (χ2n) is 7.08. The van der Waals surface area contributed by atoms with Crippen LogP contribution in [-0.4, -0.2) is 41.8 Å². The summed E-state index contributed by atoms with van der Waals surface area (Å²) in [4.78, 5) is 22.8. The molecular formula is C23H21NO6. The lowest BCUT2D eigenvalue weighted by Gasteiger charge is -2.18. The van der Waals surface area contributed by atoms with Crippen LogP contribution in [0, 0.1) is 0 Å². The van der Waals surface area contributed by atoms with Crippen molar-refractivity contribution in [3.05, 3.63) is 83.3 Å². The number of nitrogens with one attached hydrogen (secondary N) is 1. The number of hydrogen-bond acceptors (Lipinski definition) is 6. The van der Waals surface area contributed by atoms with E-state index in [2.05, 4.69) is 17.4 Å². The van der Waals surface area contributed by atoms with Gasteiger partial charge in [-0.2, -0.15) is 0 Å². The zero-order valence-electron chi connectivity index (χ0n) is 16.0. The molecular weight excluding hydrogens is 386 g/mol. The average Bonchev–Trinajstić information content (AvgIpc) is 3.38. The van der Waals surface area contributed by atoms with Crippen molar-refractivity contribution in [2.75, 3.05) is 13.2 Å². The summed E-state index contributed by atoms with van der Waals surface area (Å²) in [7, 11) is 0. The van der Waals surface area contributed by atoms with Crippen LogP contribution in [0.25, 0.3) is 11.1 Å². The van der Waals surface area contributed by atoms with Crippen molar-refractivity contribution in [1.29, 1.82) is 0 Å². The Morgan fingerprint density at radius 3 is 2.27 bits per heavy atom. The van der Waals surface area contributed by atoms with Crippen LogP contribution in [0.3, 0.4) is 0 Å². The lowest BCUT2D eigenvalue weighted by molar-refractivity contribution is 0.00575. The van der Waals surface area contributed by atoms with E-state index in [1.54, 1.807) is 0 Å². The molecule has 3 N–H and O–H groups in total. The average molecular weight is 407 g/mol. The summed E-state index contributed by atoms with van der Waals surface area (Å²) in [6, 6.07) is 18.8. The van der Waals surface area contributed by atoms with Gasteiger partial charge in [-0.05, 0) is 34.4 Å². The molecule has 2 aromatic carbocycles. The van der Waals surface area contributed by atoms with Gasteiger partial charge in [-0.25, -0.2) is 4.79 Å². The van der Waals surface area contributed by atoms with Crippen molar-refractivity contribution in [2.45, 2.75) is 18.1 Å². The predicted molar refractivity (Wildman–Crippen MR) is 108 cm³/mol. The third kappa shape index (κ3) is 3.85. The van der Waals surface area contributed by atoms with Crippen molar-refractivity contribution in [1.82, 2.24) is 5.32 Å². The molecule has 1 aromatic heterocycles. The standard InChI is InChI=1S/C23H21NO6/c25-12-14-9-10-21(30-14)22(27)20(26)11-24-23(28)29-13-19-17-7-3-1-5-15(17)16-6-2-4-8-18(16)19/h1-10,12,19-20,22,26-27H,11,13H2,(H,24,28). The molecule has 2 unspecified atom stereocenters. The number of benzene rings is 2. The number of aldehydes is 1. The molecule has 0 saturated heterocycles. The van der Waals surface area contributed by atoms with Gasteiger partial charge in [-0.15, -0.1) is 0 Å². The largest absolute Gasteiger partial charge is 0.455 e. The maximum absolute atomic E-state index is 12.1. The van der Waals surface area contributed by atoms with Crippen LogP contribution in [-0.2, 0) is 4.74 Å². The molecule has 1 heterocycles. The molecule has 0 fully saturated rings. The molecule has 0 radical (unpaired) electrons. The minimum atomic E-state index is -1.38. The van der Waals surface area contributed by atoms with Crippen LogP contribution in [0.1, 0.15) is 39.5 Å². The quantitative estimate of drug-likeness (QED) is 0.520. The minimum Gasteiger partial charge on any atom is -0.455 e. The Morgan fingerprint density at radius 1 is 1.03 bits per heavy atom. The summed E-state index contributed by atoms with van der Waals surface area (Å²) in [5.41, 5.74) is 4.47. The summed E-state index contributed by atoms with van der Waals surface area (Å²) in [6.45, 7) is -0.0889. The van der Waals surface area contributed by atoms with Gasteiger partial charge in [0, 0.05) is 12.5 Å². The minimum absolute atomic E-state index is 0.0407. The SMILES string of the molecule is O=Cc1ccc(C(O)C(O)CNC(=O)OCC2c3ccccc3-c3ccccc32)o1. The molecule has 0 aliphatic heterocycles. The highest BCUT2D eigenvalue weighted by molar-refractivity contribution is 5.79. The van der Waals surface area contributed by atoms with E-state index in [0.29, 0.717) is 6.29 Å². The highest BCUT2D eigenvalue weighted by Crippen LogP contribution is 2.44. The van der Waals surface area contributed by atoms with Gasteiger partial charge >= 0.3 is 6.09 Å². The van der Waals surface area contributed by atoms with E-state index < -0.39 is 18.3 Å². The number of furan rings is 1. The van der Waals surface area contributed by atoms with Crippen molar-refractivity contribution < 1.29 is 29.0 Å². The van der Waals surface area contributed by atoms with E-state index in [4.69, 9.17) is 9.15 Å². The predicted octanol–water partition coefficient (Wildman–Crippen LogP) is 3.03. The maximum atomic E-state index is 12.1. The first kappa shape index (κ1) is 19.9. The Hall–Kier alpha value is -3.42. The molecule has 1 aliphatic carbocycles. The van der Waals surface area contributed by atoms with Crippen LogP contribution in [0.15, 0.2) is 65.1 Å². The molecule has 0 spiro atoms. The van der Waals surface area contributed by atoms with Crippen LogP contribution >= 0.6 is 0 Å². The smallest absolute Gasteiger partial charge is 0.407 e. The normalized spacial score (nSPS) is 14.5. The van der Waals surface area contributed by atoms with Crippen LogP contribution in [0.5, 0.6) is 0 Å². The van der Waals surface area contributed by atoms with Gasteiger partial charge in [0.25, 0.3) is 0 Å². The molecule has 30 heavy (non-hydrogen) atoms. The zero-order chi connectivity index (χ0) is 21.1. The first-order chi connectivity index (χ1) is 14.6. The molecule has 1 aliphatic rings. The highest BCUT2D eigenvalue weighted by Gasteiger charge is 2.29. The number of carbonyl (C=O) groups excluding carboxylic acids is 2. The second-order valence-corrected chi connectivity index (χ2v) is 7.08. The number of hydrogen-bond donors (Lipinski definition) is 3. The number of ether oxygens (including phenoxy) is 1. The fraction of sp³-hybridized carbons (Fsp3) is 0.217. The summed E-state index contributed by atoms with van der Waals surface area (Å²) in [5.74, 6) is 0.0169. The lowest BCUT2D eigenvalue weighted by Crippen LogP contribution is -2.36. The molecule has 4 rings (SSSR count). The fourth-order valence-electron chi connectivity index (χ4n) is 3.73. The number of aliphatic hydroxyl groups excluding tert-OH is 2. The maximum Gasteiger partial charge on any atom is 0.407 e. The number of amides is 1. The van der Waals surface area contributed by atoms with Gasteiger partial charge in [0.15, 0.2) is 12.0 Å². The summed E-state index contributed by atoms with van der Waals surface area (Å²) >= 11 is 0. The number of fused-ring (bicyclic) bond motifs is 3. The molecule has 1 amide bonds. The monoisotopic (exact) mass is 407 g/mol. The van der Waals surface area contributed by atoms with E-state index >= 15 is 0 Å². The second kappa shape index (κ2) is 8.52. The highest BCUT2D eigenvalue weighted by atomic mass is 16.5. The van der Waals surface area contributed by atoms with Crippen molar-refractivity contribution in [2.24, 2.45) is 0 Å². The third-order valence-electron chi connectivity index (χ3n) is 5.22. The first-order valence-corrected chi connectivity index (χ1v) is 9.58. The molecule has 3 aromatic rings. The van der Waals surface area contributed by atoms with E-state index in [-0.39, 0.29) is 30.6 Å². The fourth-order valence-corrected chi connectivity index (χ4v) is 3.73. The van der Waals surface area contributed by atoms with Crippen molar-refractivity contribution in [3.8, 4) is 11.1 Å². The van der Waals surface area contributed by atoms with E-state index in [1.165, 1.54) is 12.1 Å². The Bertz CT molecular complexity index is 1010. The topological polar surface area (TPSA) is 109 Å². The summed E-state index contributed by atoms with van der Waals surface area (Å²) in [5, 5.41) is 22.6. The Balaban J connectivity index is 1.33. The lowest BCUT2D eigenvalue weighted by atomic mass is 9.98. The van der Waals surface area contributed by atoms with Gasteiger partial charge in [0.2, 0.25) is 0 Å². The molecule has 7 heteroatoms. The number of alkyl carbamates (subject to hydrolysis) is 1. The van der Waals surface area contributed by atoms with E-state index in [1.807, 2.05) is 36.4 Å².